The van der Waals surface area contributed by atoms with Gasteiger partial charge in [-0.1, -0.05) is 11.6 Å². The molecule has 0 fully saturated rings. The molecule has 0 radical (unpaired) electrons. The molecule has 0 heterocycles. The number of ether oxygens (including phenoxy) is 1. The van der Waals surface area contributed by atoms with Crippen LogP contribution in [-0.2, 0) is 14.3 Å². The second-order valence-corrected chi connectivity index (χ2v) is 3.59. The second kappa shape index (κ2) is 5.51. The first-order chi connectivity index (χ1) is 7.54. The Morgan fingerprint density at radius 2 is 1.88 bits per heavy atom. The molecule has 0 saturated carbocycles. The van der Waals surface area contributed by atoms with Gasteiger partial charge in [0, 0.05) is 17.6 Å². The summed E-state index contributed by atoms with van der Waals surface area (Å²) >= 11 is 5.73. The zero-order valence-corrected chi connectivity index (χ0v) is 9.82. The van der Waals surface area contributed by atoms with E-state index in [2.05, 4.69) is 4.74 Å². The largest absolute Gasteiger partial charge is 0.468 e. The number of hydrogen-bond acceptors (Lipinski definition) is 3. The molecule has 1 amide bonds. The fraction of sp³-hybridized carbons (Fsp3) is 0.273. The number of methoxy groups -OCH3 is 1. The minimum Gasteiger partial charge on any atom is -0.468 e. The number of carbonyl (C=O) groups excluding carboxylic acids is 2. The van der Waals surface area contributed by atoms with Gasteiger partial charge in [-0.15, -0.1) is 0 Å². The molecule has 0 unspecified atom stereocenters. The number of rotatable bonds is 3. The van der Waals surface area contributed by atoms with E-state index in [-0.39, 0.29) is 12.5 Å². The third-order valence-corrected chi connectivity index (χ3v) is 2.29. The molecule has 16 heavy (non-hydrogen) atoms. The Balaban J connectivity index is 2.89. The van der Waals surface area contributed by atoms with Gasteiger partial charge in [-0.25, -0.2) is 0 Å². The highest BCUT2D eigenvalue weighted by atomic mass is 35.5. The molecular formula is C11H12ClNO3. The topological polar surface area (TPSA) is 46.6 Å². The SMILES string of the molecule is COC(=O)CN(C(C)=O)c1ccc(Cl)cc1. The van der Waals surface area contributed by atoms with Gasteiger partial charge in [0.05, 0.1) is 7.11 Å². The lowest BCUT2D eigenvalue weighted by atomic mass is 10.3. The van der Waals surface area contributed by atoms with E-state index >= 15 is 0 Å². The fourth-order valence-electron chi connectivity index (χ4n) is 1.20. The van der Waals surface area contributed by atoms with Crippen LogP contribution < -0.4 is 4.90 Å². The monoisotopic (exact) mass is 241 g/mol. The number of amides is 1. The van der Waals surface area contributed by atoms with Crippen molar-refractivity contribution in [3.8, 4) is 0 Å². The van der Waals surface area contributed by atoms with Crippen LogP contribution in [0.3, 0.4) is 0 Å². The minimum atomic E-state index is -0.467. The highest BCUT2D eigenvalue weighted by Gasteiger charge is 2.15. The van der Waals surface area contributed by atoms with Crippen molar-refractivity contribution in [1.82, 2.24) is 0 Å². The van der Waals surface area contributed by atoms with Crippen LogP contribution in [-0.4, -0.2) is 25.5 Å². The van der Waals surface area contributed by atoms with Gasteiger partial charge in [-0.2, -0.15) is 0 Å². The van der Waals surface area contributed by atoms with E-state index in [0.29, 0.717) is 10.7 Å². The number of esters is 1. The predicted octanol–water partition coefficient (Wildman–Crippen LogP) is 1.87. The average molecular weight is 242 g/mol. The molecule has 0 saturated heterocycles. The Labute approximate surface area is 98.8 Å². The van der Waals surface area contributed by atoms with E-state index in [9.17, 15) is 9.59 Å². The van der Waals surface area contributed by atoms with Crippen molar-refractivity contribution in [2.24, 2.45) is 0 Å². The van der Waals surface area contributed by atoms with Gasteiger partial charge >= 0.3 is 5.97 Å². The molecule has 4 nitrogen and oxygen atoms in total. The average Bonchev–Trinajstić information content (AvgIpc) is 2.26. The van der Waals surface area contributed by atoms with E-state index in [1.165, 1.54) is 18.9 Å². The van der Waals surface area contributed by atoms with E-state index in [0.717, 1.165) is 0 Å². The standard InChI is InChI=1S/C11H12ClNO3/c1-8(14)13(7-11(15)16-2)10-5-3-9(12)4-6-10/h3-6H,7H2,1-2H3. The normalized spacial score (nSPS) is 9.69. The second-order valence-electron chi connectivity index (χ2n) is 3.16. The molecule has 0 aliphatic heterocycles. The van der Waals surface area contributed by atoms with Crippen molar-refractivity contribution in [2.75, 3.05) is 18.6 Å². The summed E-state index contributed by atoms with van der Waals surface area (Å²) in [7, 11) is 1.28. The molecule has 5 heteroatoms. The first-order valence-corrected chi connectivity index (χ1v) is 5.03. The Hall–Kier alpha value is -1.55. The zero-order chi connectivity index (χ0) is 12.1. The van der Waals surface area contributed by atoms with E-state index in [1.807, 2.05) is 0 Å². The first-order valence-electron chi connectivity index (χ1n) is 4.65. The highest BCUT2D eigenvalue weighted by Crippen LogP contribution is 2.18. The number of carbonyl (C=O) groups is 2. The van der Waals surface area contributed by atoms with Gasteiger partial charge in [-0.05, 0) is 24.3 Å². The van der Waals surface area contributed by atoms with Crippen LogP contribution in [0.2, 0.25) is 5.02 Å². The van der Waals surface area contributed by atoms with Crippen LogP contribution >= 0.6 is 11.6 Å². The Morgan fingerprint density at radius 1 is 1.31 bits per heavy atom. The number of nitrogens with zero attached hydrogens (tertiary/aromatic N) is 1. The smallest absolute Gasteiger partial charge is 0.325 e. The van der Waals surface area contributed by atoms with Crippen LogP contribution in [0.1, 0.15) is 6.92 Å². The summed E-state index contributed by atoms with van der Waals surface area (Å²) in [5.41, 5.74) is 0.613. The molecule has 0 aliphatic carbocycles. The van der Waals surface area contributed by atoms with Gasteiger partial charge < -0.3 is 9.64 Å². The maximum Gasteiger partial charge on any atom is 0.325 e. The molecule has 0 N–H and O–H groups in total. The van der Waals surface area contributed by atoms with Crippen LogP contribution in [0.15, 0.2) is 24.3 Å². The van der Waals surface area contributed by atoms with Crippen molar-refractivity contribution < 1.29 is 14.3 Å². The first kappa shape index (κ1) is 12.5. The maximum atomic E-state index is 11.4. The van der Waals surface area contributed by atoms with Gasteiger partial charge in [0.25, 0.3) is 0 Å². The molecule has 0 atom stereocenters. The lowest BCUT2D eigenvalue weighted by molar-refractivity contribution is -0.139. The number of hydrogen-bond donors (Lipinski definition) is 0. The molecule has 86 valence electrons. The van der Waals surface area contributed by atoms with Crippen molar-refractivity contribution in [1.29, 1.82) is 0 Å². The van der Waals surface area contributed by atoms with E-state index in [4.69, 9.17) is 11.6 Å². The molecular weight excluding hydrogens is 230 g/mol. The summed E-state index contributed by atoms with van der Waals surface area (Å²) in [5.74, 6) is -0.696. The number of halogens is 1. The van der Waals surface area contributed by atoms with Gasteiger partial charge in [-0.3, -0.25) is 9.59 Å². The Kier molecular flexibility index (Phi) is 4.31. The Morgan fingerprint density at radius 3 is 2.31 bits per heavy atom. The minimum absolute atomic E-state index is 0.104. The predicted molar refractivity (Wildman–Crippen MR) is 61.5 cm³/mol. The van der Waals surface area contributed by atoms with Gasteiger partial charge in [0.15, 0.2) is 0 Å². The summed E-state index contributed by atoms with van der Waals surface area (Å²) in [6.45, 7) is 1.28. The lowest BCUT2D eigenvalue weighted by Crippen LogP contribution is -2.34. The zero-order valence-electron chi connectivity index (χ0n) is 9.07. The lowest BCUT2D eigenvalue weighted by Gasteiger charge is -2.19. The molecule has 0 aliphatic rings. The van der Waals surface area contributed by atoms with Crippen LogP contribution in [0.4, 0.5) is 5.69 Å². The number of benzene rings is 1. The van der Waals surface area contributed by atoms with Crippen molar-refractivity contribution in [3.63, 3.8) is 0 Å². The van der Waals surface area contributed by atoms with Crippen molar-refractivity contribution in [3.05, 3.63) is 29.3 Å². The summed E-state index contributed by atoms with van der Waals surface area (Å²) in [6.07, 6.45) is 0. The third-order valence-electron chi connectivity index (χ3n) is 2.03. The molecule has 1 rings (SSSR count). The number of anilines is 1. The molecule has 1 aromatic carbocycles. The summed E-state index contributed by atoms with van der Waals surface area (Å²) in [5, 5.41) is 0.574. The fourth-order valence-corrected chi connectivity index (χ4v) is 1.33. The van der Waals surface area contributed by atoms with Crippen LogP contribution in [0.25, 0.3) is 0 Å². The molecule has 0 spiro atoms. The van der Waals surface area contributed by atoms with Crippen molar-refractivity contribution >= 4 is 29.2 Å². The van der Waals surface area contributed by atoms with Gasteiger partial charge in [0.1, 0.15) is 6.54 Å². The van der Waals surface area contributed by atoms with Crippen LogP contribution in [0.5, 0.6) is 0 Å². The summed E-state index contributed by atoms with van der Waals surface area (Å²) in [6, 6.07) is 6.66. The maximum absolute atomic E-state index is 11.4. The van der Waals surface area contributed by atoms with Crippen molar-refractivity contribution in [2.45, 2.75) is 6.92 Å². The molecule has 0 bridgehead atoms. The van der Waals surface area contributed by atoms with E-state index < -0.39 is 5.97 Å². The van der Waals surface area contributed by atoms with E-state index in [1.54, 1.807) is 24.3 Å². The third kappa shape index (κ3) is 3.24. The Bertz CT molecular complexity index is 389. The van der Waals surface area contributed by atoms with Gasteiger partial charge in [0.2, 0.25) is 5.91 Å². The van der Waals surface area contributed by atoms with Crippen LogP contribution in [0, 0.1) is 0 Å². The highest BCUT2D eigenvalue weighted by molar-refractivity contribution is 6.30. The summed E-state index contributed by atoms with van der Waals surface area (Å²) in [4.78, 5) is 23.8. The molecule has 1 aromatic rings. The summed E-state index contributed by atoms with van der Waals surface area (Å²) < 4.78 is 4.52. The molecule has 0 aromatic heterocycles. The quantitative estimate of drug-likeness (QED) is 0.759.